The van der Waals surface area contributed by atoms with Crippen LogP contribution in [0.15, 0.2) is 24.3 Å². The minimum Gasteiger partial charge on any atom is -0.377 e. The first kappa shape index (κ1) is 14.2. The minimum absolute atomic E-state index is 0.0226. The van der Waals surface area contributed by atoms with E-state index in [1.165, 1.54) is 0 Å². The smallest absolute Gasteiger partial charge is 0.253 e. The van der Waals surface area contributed by atoms with Crippen LogP contribution in [0.4, 0.5) is 0 Å². The zero-order valence-corrected chi connectivity index (χ0v) is 12.1. The van der Waals surface area contributed by atoms with Crippen LogP contribution in [-0.2, 0) is 18.4 Å². The molecule has 0 aliphatic heterocycles. The number of hydrogen-bond donors (Lipinski definition) is 0. The Hall–Kier alpha value is -2.21. The number of aryl methyl sites for hydroxylation is 1. The summed E-state index contributed by atoms with van der Waals surface area (Å²) < 4.78 is 6.75. The van der Waals surface area contributed by atoms with Crippen LogP contribution in [0.2, 0.25) is 0 Å². The molecule has 6 nitrogen and oxygen atoms in total. The van der Waals surface area contributed by atoms with Crippen molar-refractivity contribution in [3.63, 3.8) is 0 Å². The number of carbonyl (C=O) groups is 1. The predicted molar refractivity (Wildman–Crippen MR) is 75.2 cm³/mol. The van der Waals surface area contributed by atoms with Gasteiger partial charge >= 0.3 is 0 Å². The Balaban J connectivity index is 2.26. The average molecular weight is 274 g/mol. The maximum Gasteiger partial charge on any atom is 0.253 e. The molecule has 0 aliphatic rings. The zero-order chi connectivity index (χ0) is 14.7. The van der Waals surface area contributed by atoms with E-state index in [0.29, 0.717) is 18.0 Å². The largest absolute Gasteiger partial charge is 0.377 e. The van der Waals surface area contributed by atoms with Gasteiger partial charge in [0, 0.05) is 39.4 Å². The second-order valence-corrected chi connectivity index (χ2v) is 4.69. The standard InChI is InChI=1S/C14H18N4O2/c1-17(2)14(19)11-7-5-10(6-8-11)13-15-12(9-20-4)18(3)16-13/h5-8H,9H2,1-4H3. The summed E-state index contributed by atoms with van der Waals surface area (Å²) in [7, 11) is 6.91. The Bertz CT molecular complexity index is 602. The molecule has 1 aromatic heterocycles. The third kappa shape index (κ3) is 2.85. The highest BCUT2D eigenvalue weighted by Gasteiger charge is 2.11. The first-order valence-corrected chi connectivity index (χ1v) is 6.24. The molecule has 0 saturated heterocycles. The maximum absolute atomic E-state index is 11.8. The summed E-state index contributed by atoms with van der Waals surface area (Å²) in [5.74, 6) is 1.37. The Morgan fingerprint density at radius 2 is 1.95 bits per heavy atom. The number of hydrogen-bond acceptors (Lipinski definition) is 4. The lowest BCUT2D eigenvalue weighted by molar-refractivity contribution is 0.0827. The van der Waals surface area contributed by atoms with E-state index in [9.17, 15) is 4.79 Å². The Kier molecular flexibility index (Phi) is 4.14. The average Bonchev–Trinajstić information content (AvgIpc) is 2.80. The van der Waals surface area contributed by atoms with Crippen LogP contribution in [0.3, 0.4) is 0 Å². The fourth-order valence-electron chi connectivity index (χ4n) is 1.81. The van der Waals surface area contributed by atoms with Crippen LogP contribution in [0.1, 0.15) is 16.2 Å². The third-order valence-corrected chi connectivity index (χ3v) is 2.92. The number of ether oxygens (including phenoxy) is 1. The topological polar surface area (TPSA) is 60.2 Å². The summed E-state index contributed by atoms with van der Waals surface area (Å²) in [6.45, 7) is 0.417. The number of aromatic nitrogens is 3. The molecule has 0 unspecified atom stereocenters. The van der Waals surface area contributed by atoms with Crippen molar-refractivity contribution >= 4 is 5.91 Å². The Morgan fingerprint density at radius 3 is 2.50 bits per heavy atom. The van der Waals surface area contributed by atoms with Crippen LogP contribution >= 0.6 is 0 Å². The van der Waals surface area contributed by atoms with Crippen LogP contribution in [0.5, 0.6) is 0 Å². The minimum atomic E-state index is -0.0226. The van der Waals surface area contributed by atoms with Gasteiger partial charge in [-0.15, -0.1) is 0 Å². The summed E-state index contributed by atoms with van der Waals surface area (Å²) in [5.41, 5.74) is 1.52. The van der Waals surface area contributed by atoms with Crippen molar-refractivity contribution in [2.24, 2.45) is 7.05 Å². The highest BCUT2D eigenvalue weighted by Crippen LogP contribution is 2.17. The first-order chi connectivity index (χ1) is 9.52. The summed E-state index contributed by atoms with van der Waals surface area (Å²) in [6.07, 6.45) is 0. The number of benzene rings is 1. The molecule has 6 heteroatoms. The molecular weight excluding hydrogens is 256 g/mol. The van der Waals surface area contributed by atoms with E-state index in [1.54, 1.807) is 42.9 Å². The second-order valence-electron chi connectivity index (χ2n) is 4.69. The van der Waals surface area contributed by atoms with Crippen molar-refractivity contribution in [3.8, 4) is 11.4 Å². The van der Waals surface area contributed by atoms with Crippen molar-refractivity contribution in [2.75, 3.05) is 21.2 Å². The molecule has 0 radical (unpaired) electrons. The van der Waals surface area contributed by atoms with Gasteiger partial charge in [-0.1, -0.05) is 12.1 Å². The molecule has 0 aliphatic carbocycles. The molecular formula is C14H18N4O2. The number of amides is 1. The molecule has 2 rings (SSSR count). The molecule has 1 aromatic carbocycles. The van der Waals surface area contributed by atoms with E-state index in [2.05, 4.69) is 10.1 Å². The van der Waals surface area contributed by atoms with E-state index in [1.807, 2.05) is 19.2 Å². The van der Waals surface area contributed by atoms with Gasteiger partial charge in [-0.3, -0.25) is 9.48 Å². The van der Waals surface area contributed by atoms with Gasteiger partial charge < -0.3 is 9.64 Å². The monoisotopic (exact) mass is 274 g/mol. The fourth-order valence-corrected chi connectivity index (χ4v) is 1.81. The van der Waals surface area contributed by atoms with Gasteiger partial charge in [0.15, 0.2) is 11.6 Å². The fraction of sp³-hybridized carbons (Fsp3) is 0.357. The van der Waals surface area contributed by atoms with E-state index in [0.717, 1.165) is 11.4 Å². The molecule has 0 bridgehead atoms. The Morgan fingerprint density at radius 1 is 1.30 bits per heavy atom. The molecule has 0 fully saturated rings. The van der Waals surface area contributed by atoms with E-state index >= 15 is 0 Å². The van der Waals surface area contributed by atoms with Crippen molar-refractivity contribution < 1.29 is 9.53 Å². The molecule has 0 saturated carbocycles. The van der Waals surface area contributed by atoms with Crippen molar-refractivity contribution in [1.82, 2.24) is 19.7 Å². The van der Waals surface area contributed by atoms with Gasteiger partial charge in [-0.2, -0.15) is 5.10 Å². The summed E-state index contributed by atoms with van der Waals surface area (Å²) in [6, 6.07) is 7.26. The summed E-state index contributed by atoms with van der Waals surface area (Å²) in [4.78, 5) is 17.8. The van der Waals surface area contributed by atoms with Crippen LogP contribution in [-0.4, -0.2) is 46.8 Å². The molecule has 0 spiro atoms. The van der Waals surface area contributed by atoms with Crippen LogP contribution in [0, 0.1) is 0 Å². The second kappa shape index (κ2) is 5.83. The summed E-state index contributed by atoms with van der Waals surface area (Å²) in [5, 5.41) is 4.34. The van der Waals surface area contributed by atoms with Gasteiger partial charge in [0.1, 0.15) is 6.61 Å². The number of nitrogens with zero attached hydrogens (tertiary/aromatic N) is 4. The van der Waals surface area contributed by atoms with E-state index < -0.39 is 0 Å². The lowest BCUT2D eigenvalue weighted by atomic mass is 10.1. The quantitative estimate of drug-likeness (QED) is 0.844. The maximum atomic E-state index is 11.8. The number of rotatable bonds is 4. The normalized spacial score (nSPS) is 10.6. The molecule has 20 heavy (non-hydrogen) atoms. The summed E-state index contributed by atoms with van der Waals surface area (Å²) >= 11 is 0. The highest BCUT2D eigenvalue weighted by atomic mass is 16.5. The Labute approximate surface area is 118 Å². The zero-order valence-electron chi connectivity index (χ0n) is 12.1. The van der Waals surface area contributed by atoms with Gasteiger partial charge in [-0.05, 0) is 12.1 Å². The van der Waals surface area contributed by atoms with Gasteiger partial charge in [0.25, 0.3) is 5.91 Å². The van der Waals surface area contributed by atoms with Gasteiger partial charge in [0.2, 0.25) is 0 Å². The highest BCUT2D eigenvalue weighted by molar-refractivity contribution is 5.94. The van der Waals surface area contributed by atoms with Crippen molar-refractivity contribution in [1.29, 1.82) is 0 Å². The molecule has 2 aromatic rings. The van der Waals surface area contributed by atoms with Crippen LogP contribution < -0.4 is 0 Å². The van der Waals surface area contributed by atoms with Crippen molar-refractivity contribution in [2.45, 2.75) is 6.61 Å². The third-order valence-electron chi connectivity index (χ3n) is 2.92. The van der Waals surface area contributed by atoms with E-state index in [4.69, 9.17) is 4.74 Å². The van der Waals surface area contributed by atoms with Gasteiger partial charge in [-0.25, -0.2) is 4.98 Å². The lowest BCUT2D eigenvalue weighted by Crippen LogP contribution is -2.21. The molecule has 0 N–H and O–H groups in total. The van der Waals surface area contributed by atoms with Crippen LogP contribution in [0.25, 0.3) is 11.4 Å². The first-order valence-electron chi connectivity index (χ1n) is 6.24. The molecule has 1 heterocycles. The molecule has 106 valence electrons. The SMILES string of the molecule is COCc1nc(-c2ccc(C(=O)N(C)C)cc2)nn1C. The van der Waals surface area contributed by atoms with Crippen molar-refractivity contribution in [3.05, 3.63) is 35.7 Å². The number of methoxy groups -OCH3 is 1. The predicted octanol–water partition coefficient (Wildman–Crippen LogP) is 1.33. The number of carbonyl (C=O) groups excluding carboxylic acids is 1. The van der Waals surface area contributed by atoms with E-state index in [-0.39, 0.29) is 5.91 Å². The molecule has 0 atom stereocenters. The van der Waals surface area contributed by atoms with Gasteiger partial charge in [0.05, 0.1) is 0 Å². The molecule has 1 amide bonds. The lowest BCUT2D eigenvalue weighted by Gasteiger charge is -2.09.